The van der Waals surface area contributed by atoms with Crippen LogP contribution in [0.25, 0.3) is 0 Å². The smallest absolute Gasteiger partial charge is 0.314 e. The summed E-state index contributed by atoms with van der Waals surface area (Å²) in [6.07, 6.45) is 3.12. The lowest BCUT2D eigenvalue weighted by Crippen LogP contribution is -2.28. The van der Waals surface area contributed by atoms with E-state index >= 15 is 0 Å². The summed E-state index contributed by atoms with van der Waals surface area (Å²) in [6, 6.07) is 1.58. The normalized spacial score (nSPS) is 12.8. The van der Waals surface area contributed by atoms with Crippen LogP contribution < -0.4 is 0 Å². The third-order valence-corrected chi connectivity index (χ3v) is 2.10. The Balaban J connectivity index is 2.91. The zero-order chi connectivity index (χ0) is 10.7. The highest BCUT2D eigenvalue weighted by molar-refractivity contribution is 6.08. The van der Waals surface area contributed by atoms with E-state index in [0.29, 0.717) is 5.56 Å². The zero-order valence-electron chi connectivity index (χ0n) is 8.15. The van der Waals surface area contributed by atoms with Gasteiger partial charge in [-0.1, -0.05) is 13.8 Å². The number of Topliss-reactive ketones (excluding diaryl/α,β-unsaturated/α-hetero) is 1. The second kappa shape index (κ2) is 4.09. The minimum Gasteiger partial charge on any atom is -0.481 e. The molecule has 1 aromatic heterocycles. The van der Waals surface area contributed by atoms with E-state index in [1.807, 2.05) is 0 Å². The van der Waals surface area contributed by atoms with Crippen LogP contribution in [0.1, 0.15) is 24.2 Å². The molecule has 0 bridgehead atoms. The van der Waals surface area contributed by atoms with Crippen LogP contribution in [0.3, 0.4) is 0 Å². The third-order valence-electron chi connectivity index (χ3n) is 2.10. The van der Waals surface area contributed by atoms with Gasteiger partial charge in [0.15, 0.2) is 5.78 Å². The standard InChI is InChI=1S/C10H13NO3/c1-6(2)8(10(13)14)9(12)7-3-4-11-5-7/h3-6,8,11H,1-2H3,(H,13,14). The van der Waals surface area contributed by atoms with Crippen LogP contribution in [-0.2, 0) is 4.79 Å². The molecule has 0 aromatic carbocycles. The first-order valence-corrected chi connectivity index (χ1v) is 4.44. The molecule has 4 heteroatoms. The summed E-state index contributed by atoms with van der Waals surface area (Å²) in [5, 5.41) is 8.88. The molecule has 0 fully saturated rings. The summed E-state index contributed by atoms with van der Waals surface area (Å²) >= 11 is 0. The van der Waals surface area contributed by atoms with E-state index in [-0.39, 0.29) is 11.7 Å². The maximum atomic E-state index is 11.7. The Bertz CT molecular complexity index is 327. The Kier molecular flexibility index (Phi) is 3.06. The van der Waals surface area contributed by atoms with Crippen molar-refractivity contribution in [1.82, 2.24) is 4.98 Å². The predicted octanol–water partition coefficient (Wildman–Crippen LogP) is 1.55. The lowest BCUT2D eigenvalue weighted by Gasteiger charge is -2.13. The van der Waals surface area contributed by atoms with E-state index in [9.17, 15) is 9.59 Å². The highest BCUT2D eigenvalue weighted by Crippen LogP contribution is 2.17. The molecule has 0 saturated carbocycles. The molecule has 1 unspecified atom stereocenters. The molecular weight excluding hydrogens is 182 g/mol. The summed E-state index contributed by atoms with van der Waals surface area (Å²) in [5.41, 5.74) is 0.422. The second-order valence-electron chi connectivity index (χ2n) is 3.52. The van der Waals surface area contributed by atoms with Crippen molar-refractivity contribution in [3.63, 3.8) is 0 Å². The number of carbonyl (C=O) groups excluding carboxylic acids is 1. The van der Waals surface area contributed by atoms with Crippen molar-refractivity contribution in [2.45, 2.75) is 13.8 Å². The van der Waals surface area contributed by atoms with Crippen molar-refractivity contribution < 1.29 is 14.7 Å². The average molecular weight is 195 g/mol. The van der Waals surface area contributed by atoms with Crippen molar-refractivity contribution in [2.24, 2.45) is 11.8 Å². The fourth-order valence-corrected chi connectivity index (χ4v) is 1.36. The number of carboxylic acid groups (broad SMARTS) is 1. The van der Waals surface area contributed by atoms with Gasteiger partial charge in [0.05, 0.1) is 0 Å². The molecule has 4 nitrogen and oxygen atoms in total. The number of carbonyl (C=O) groups is 2. The largest absolute Gasteiger partial charge is 0.481 e. The summed E-state index contributed by atoms with van der Waals surface area (Å²) in [6.45, 7) is 3.45. The molecule has 0 radical (unpaired) electrons. The van der Waals surface area contributed by atoms with Gasteiger partial charge >= 0.3 is 5.97 Å². The molecule has 14 heavy (non-hydrogen) atoms. The molecule has 0 saturated heterocycles. The number of nitrogens with one attached hydrogen (secondary N) is 1. The van der Waals surface area contributed by atoms with Crippen LogP contribution >= 0.6 is 0 Å². The quantitative estimate of drug-likeness (QED) is 0.565. The van der Waals surface area contributed by atoms with Gasteiger partial charge in [-0.25, -0.2) is 0 Å². The minimum atomic E-state index is -1.06. The van der Waals surface area contributed by atoms with Crippen LogP contribution in [-0.4, -0.2) is 21.8 Å². The highest BCUT2D eigenvalue weighted by atomic mass is 16.4. The Morgan fingerprint density at radius 1 is 1.43 bits per heavy atom. The van der Waals surface area contributed by atoms with Gasteiger partial charge < -0.3 is 10.1 Å². The number of hydrogen-bond acceptors (Lipinski definition) is 2. The number of H-pyrrole nitrogens is 1. The van der Waals surface area contributed by atoms with Crippen LogP contribution in [0.15, 0.2) is 18.5 Å². The lowest BCUT2D eigenvalue weighted by atomic mass is 9.89. The summed E-state index contributed by atoms with van der Waals surface area (Å²) < 4.78 is 0. The Morgan fingerprint density at radius 2 is 2.07 bits per heavy atom. The number of carboxylic acids is 1. The van der Waals surface area contributed by atoms with Crippen LogP contribution in [0.5, 0.6) is 0 Å². The van der Waals surface area contributed by atoms with Crippen molar-refractivity contribution in [3.8, 4) is 0 Å². The number of ketones is 1. The topological polar surface area (TPSA) is 70.2 Å². The first-order chi connectivity index (χ1) is 6.54. The van der Waals surface area contributed by atoms with Gasteiger partial charge in [0.2, 0.25) is 0 Å². The SMILES string of the molecule is CC(C)C(C(=O)O)C(=O)c1cc[nH]c1. The molecule has 1 rings (SSSR count). The highest BCUT2D eigenvalue weighted by Gasteiger charge is 2.30. The second-order valence-corrected chi connectivity index (χ2v) is 3.52. The first-order valence-electron chi connectivity index (χ1n) is 4.44. The van der Waals surface area contributed by atoms with Gasteiger partial charge in [-0.3, -0.25) is 9.59 Å². The van der Waals surface area contributed by atoms with Gasteiger partial charge in [0.1, 0.15) is 5.92 Å². The van der Waals surface area contributed by atoms with Gasteiger partial charge in [0, 0.05) is 18.0 Å². The molecule has 0 amide bonds. The molecule has 0 aliphatic rings. The maximum absolute atomic E-state index is 11.7. The molecule has 0 aliphatic carbocycles. The molecule has 2 N–H and O–H groups in total. The van der Waals surface area contributed by atoms with E-state index in [2.05, 4.69) is 4.98 Å². The van der Waals surface area contributed by atoms with Gasteiger partial charge in [-0.15, -0.1) is 0 Å². The van der Waals surface area contributed by atoms with E-state index in [4.69, 9.17) is 5.11 Å². The molecule has 1 heterocycles. The fraction of sp³-hybridized carbons (Fsp3) is 0.400. The molecule has 1 aromatic rings. The minimum absolute atomic E-state index is 0.199. The zero-order valence-corrected chi connectivity index (χ0v) is 8.15. The summed E-state index contributed by atoms with van der Waals surface area (Å²) in [5.74, 6) is -2.55. The van der Waals surface area contributed by atoms with Gasteiger partial charge in [0.25, 0.3) is 0 Å². The molecule has 76 valence electrons. The molecule has 0 aliphatic heterocycles. The predicted molar refractivity (Wildman–Crippen MR) is 51.1 cm³/mol. The molecule has 1 atom stereocenters. The van der Waals surface area contributed by atoms with Crippen molar-refractivity contribution in [2.75, 3.05) is 0 Å². The van der Waals surface area contributed by atoms with Crippen molar-refractivity contribution in [3.05, 3.63) is 24.0 Å². The maximum Gasteiger partial charge on any atom is 0.314 e. The third kappa shape index (κ3) is 2.02. The fourth-order valence-electron chi connectivity index (χ4n) is 1.36. The van der Waals surface area contributed by atoms with Crippen LogP contribution in [0.4, 0.5) is 0 Å². The van der Waals surface area contributed by atoms with Crippen LogP contribution in [0.2, 0.25) is 0 Å². The Labute approximate surface area is 81.9 Å². The Hall–Kier alpha value is -1.58. The van der Waals surface area contributed by atoms with Crippen molar-refractivity contribution >= 4 is 11.8 Å². The van der Waals surface area contributed by atoms with E-state index in [1.54, 1.807) is 26.1 Å². The molecule has 0 spiro atoms. The number of aromatic nitrogens is 1. The van der Waals surface area contributed by atoms with E-state index in [0.717, 1.165) is 0 Å². The van der Waals surface area contributed by atoms with Gasteiger partial charge in [-0.2, -0.15) is 0 Å². The summed E-state index contributed by atoms with van der Waals surface area (Å²) in [4.78, 5) is 25.3. The lowest BCUT2D eigenvalue weighted by molar-refractivity contribution is -0.141. The first kappa shape index (κ1) is 10.5. The number of hydrogen-bond donors (Lipinski definition) is 2. The number of aromatic amines is 1. The van der Waals surface area contributed by atoms with Crippen LogP contribution in [0, 0.1) is 11.8 Å². The van der Waals surface area contributed by atoms with E-state index in [1.165, 1.54) is 6.20 Å². The monoisotopic (exact) mass is 195 g/mol. The number of rotatable bonds is 4. The van der Waals surface area contributed by atoms with E-state index < -0.39 is 11.9 Å². The average Bonchev–Trinajstić information content (AvgIpc) is 2.53. The number of aliphatic carboxylic acids is 1. The summed E-state index contributed by atoms with van der Waals surface area (Å²) in [7, 11) is 0. The van der Waals surface area contributed by atoms with Crippen molar-refractivity contribution in [1.29, 1.82) is 0 Å². The molecular formula is C10H13NO3. The Morgan fingerprint density at radius 3 is 2.43 bits per heavy atom. The van der Waals surface area contributed by atoms with Gasteiger partial charge in [-0.05, 0) is 12.0 Å².